The summed E-state index contributed by atoms with van der Waals surface area (Å²) in [5.41, 5.74) is 2.15. The second-order valence-corrected chi connectivity index (χ2v) is 10.5. The molecule has 0 saturated carbocycles. The molecular weight excluding hydrogens is 343 g/mol. The summed E-state index contributed by atoms with van der Waals surface area (Å²) in [6.45, 7) is 8.62. The van der Waals surface area contributed by atoms with Crippen molar-refractivity contribution in [1.82, 2.24) is 0 Å². The monoisotopic (exact) mass is 376 g/mol. The van der Waals surface area contributed by atoms with Gasteiger partial charge in [0.25, 0.3) is 0 Å². The van der Waals surface area contributed by atoms with Crippen LogP contribution in [0.3, 0.4) is 0 Å². The summed E-state index contributed by atoms with van der Waals surface area (Å²) in [4.78, 5) is 23.3. The van der Waals surface area contributed by atoms with E-state index in [2.05, 4.69) is 13.8 Å². The molecule has 26 heavy (non-hydrogen) atoms. The molecule has 0 radical (unpaired) electrons. The fraction of sp³-hybridized carbons (Fsp3) is 0.455. The molecule has 2 aromatic rings. The molecule has 0 spiro atoms. The van der Waals surface area contributed by atoms with Gasteiger partial charge in [-0.1, -0.05) is 0 Å². The average Bonchev–Trinajstić information content (AvgIpc) is 2.63. The Bertz CT molecular complexity index is 643. The van der Waals surface area contributed by atoms with E-state index in [4.69, 9.17) is 4.52 Å². The van der Waals surface area contributed by atoms with E-state index in [1.807, 2.05) is 38.1 Å². The van der Waals surface area contributed by atoms with Crippen molar-refractivity contribution < 1.29 is 14.3 Å². The molecule has 0 fully saturated rings. The van der Waals surface area contributed by atoms with Crippen molar-refractivity contribution in [3.05, 3.63) is 59.7 Å². The molecular formula is C22H33O3P. The van der Waals surface area contributed by atoms with E-state index in [-0.39, 0.29) is 0 Å². The molecule has 0 aliphatic rings. The van der Waals surface area contributed by atoms with Gasteiger partial charge < -0.3 is 0 Å². The Morgan fingerprint density at radius 1 is 0.846 bits per heavy atom. The average molecular weight is 376 g/mol. The fourth-order valence-electron chi connectivity index (χ4n) is 3.07. The first-order chi connectivity index (χ1) is 12.3. The van der Waals surface area contributed by atoms with Crippen LogP contribution in [0.25, 0.3) is 0 Å². The van der Waals surface area contributed by atoms with Gasteiger partial charge in [0, 0.05) is 0 Å². The topological polar surface area (TPSA) is 49.7 Å². The van der Waals surface area contributed by atoms with Gasteiger partial charge in [-0.15, -0.1) is 0 Å². The number of hydrogen-bond donors (Lipinski definition) is 2. The zero-order valence-corrected chi connectivity index (χ0v) is 17.4. The summed E-state index contributed by atoms with van der Waals surface area (Å²) >= 11 is 0. The van der Waals surface area contributed by atoms with Crippen LogP contribution in [-0.4, -0.2) is 16.4 Å². The number of unbranched alkanes of at least 4 members (excludes halogenated alkanes) is 1. The zero-order chi connectivity index (χ0) is 19.2. The van der Waals surface area contributed by atoms with Crippen LogP contribution in [0.1, 0.15) is 50.7 Å². The summed E-state index contributed by atoms with van der Waals surface area (Å²) in [5.74, 6) is 0.326. The molecule has 4 heteroatoms. The third kappa shape index (κ3) is 4.72. The second kappa shape index (κ2) is 8.63. The van der Waals surface area contributed by atoms with Gasteiger partial charge in [0.1, 0.15) is 0 Å². The Morgan fingerprint density at radius 2 is 1.31 bits per heavy atom. The van der Waals surface area contributed by atoms with Gasteiger partial charge in [-0.25, -0.2) is 0 Å². The molecule has 1 atom stereocenters. The van der Waals surface area contributed by atoms with E-state index < -0.39 is 7.28 Å². The summed E-state index contributed by atoms with van der Waals surface area (Å²) in [5, 5.41) is 0.909. The van der Waals surface area contributed by atoms with Crippen LogP contribution in [0.2, 0.25) is 0 Å². The number of aryl methyl sites for hydroxylation is 2. The summed E-state index contributed by atoms with van der Waals surface area (Å²) in [6.07, 6.45) is 4.27. The van der Waals surface area contributed by atoms with Crippen LogP contribution in [-0.2, 0) is 4.52 Å². The van der Waals surface area contributed by atoms with Crippen LogP contribution in [0, 0.1) is 19.8 Å². The first-order valence-corrected chi connectivity index (χ1v) is 11.7. The molecule has 0 heterocycles. The van der Waals surface area contributed by atoms with Crippen molar-refractivity contribution in [2.75, 3.05) is 6.61 Å². The molecule has 0 aliphatic heterocycles. The quantitative estimate of drug-likeness (QED) is 0.620. The molecule has 144 valence electrons. The van der Waals surface area contributed by atoms with Crippen LogP contribution < -0.4 is 10.6 Å². The Labute approximate surface area is 158 Å². The van der Waals surface area contributed by atoms with Crippen molar-refractivity contribution in [2.45, 2.75) is 53.4 Å². The van der Waals surface area contributed by atoms with E-state index in [9.17, 15) is 9.79 Å². The Balaban J connectivity index is 2.41. The molecule has 2 N–H and O–H groups in total. The van der Waals surface area contributed by atoms with Gasteiger partial charge in [-0.05, 0) is 0 Å². The van der Waals surface area contributed by atoms with Crippen molar-refractivity contribution in [3.8, 4) is 0 Å². The van der Waals surface area contributed by atoms with Gasteiger partial charge in [0.05, 0.1) is 0 Å². The molecule has 0 amide bonds. The van der Waals surface area contributed by atoms with Gasteiger partial charge in [0.15, 0.2) is 0 Å². The number of benzene rings is 2. The molecule has 0 aromatic heterocycles. The van der Waals surface area contributed by atoms with E-state index in [1.165, 1.54) is 0 Å². The normalized spacial score (nSPS) is 14.6. The standard InChI is InChI=1S/C22H33O3P/c1-5-7-8-20(6-2)17-25-26(23,24,21-13-9-18(3)10-14-21)22-15-11-19(4)12-16-22/h9-16,20,23-24H,5-8,17H2,1-4H3. The van der Waals surface area contributed by atoms with Gasteiger partial charge >= 0.3 is 158 Å². The number of hydrogen-bond acceptors (Lipinski definition) is 3. The molecule has 2 rings (SSSR count). The van der Waals surface area contributed by atoms with Gasteiger partial charge in [-0.3, -0.25) is 0 Å². The van der Waals surface area contributed by atoms with Crippen LogP contribution in [0.15, 0.2) is 48.5 Å². The van der Waals surface area contributed by atoms with Crippen LogP contribution in [0.4, 0.5) is 0 Å². The van der Waals surface area contributed by atoms with Crippen LogP contribution in [0.5, 0.6) is 0 Å². The van der Waals surface area contributed by atoms with Crippen molar-refractivity contribution >= 4 is 17.9 Å². The first-order valence-electron chi connectivity index (χ1n) is 9.60. The summed E-state index contributed by atoms with van der Waals surface area (Å²) < 4.78 is 6.06. The molecule has 3 nitrogen and oxygen atoms in total. The van der Waals surface area contributed by atoms with Gasteiger partial charge in [-0.2, -0.15) is 0 Å². The molecule has 2 aromatic carbocycles. The zero-order valence-electron chi connectivity index (χ0n) is 16.5. The maximum absolute atomic E-state index is 11.6. The molecule has 1 unspecified atom stereocenters. The van der Waals surface area contributed by atoms with Crippen molar-refractivity contribution in [1.29, 1.82) is 0 Å². The third-order valence-electron chi connectivity index (χ3n) is 5.10. The molecule has 0 saturated heterocycles. The minimum atomic E-state index is -4.66. The van der Waals surface area contributed by atoms with Crippen molar-refractivity contribution in [3.63, 3.8) is 0 Å². The maximum atomic E-state index is 11.6. The molecule has 0 bridgehead atoms. The predicted octanol–water partition coefficient (Wildman–Crippen LogP) is 4.77. The Hall–Kier alpha value is -1.25. The number of rotatable bonds is 9. The SMILES string of the molecule is CCCCC(CC)COP(O)(O)(c1ccc(C)cc1)c1ccc(C)cc1. The second-order valence-electron chi connectivity index (χ2n) is 7.33. The fourth-order valence-corrected chi connectivity index (χ4v) is 5.53. The summed E-state index contributed by atoms with van der Waals surface area (Å²) in [7, 11) is -4.66. The van der Waals surface area contributed by atoms with Crippen molar-refractivity contribution in [2.24, 2.45) is 5.92 Å². The minimum absolute atomic E-state index is 0.326. The van der Waals surface area contributed by atoms with E-state index in [0.717, 1.165) is 36.8 Å². The van der Waals surface area contributed by atoms with E-state index >= 15 is 0 Å². The van der Waals surface area contributed by atoms with E-state index in [0.29, 0.717) is 23.1 Å². The molecule has 0 aliphatic carbocycles. The van der Waals surface area contributed by atoms with E-state index in [1.54, 1.807) is 24.3 Å². The predicted molar refractivity (Wildman–Crippen MR) is 112 cm³/mol. The van der Waals surface area contributed by atoms with Gasteiger partial charge in [0.2, 0.25) is 0 Å². The summed E-state index contributed by atoms with van der Waals surface area (Å²) in [6, 6.07) is 14.7. The van der Waals surface area contributed by atoms with Crippen LogP contribution >= 0.6 is 7.28 Å². The Morgan fingerprint density at radius 3 is 1.69 bits per heavy atom. The third-order valence-corrected chi connectivity index (χ3v) is 8.19. The first kappa shape index (κ1) is 21.1. The Kier molecular flexibility index (Phi) is 6.99.